The number of hydrogen-bond donors (Lipinski definition) is 0. The molecule has 0 fully saturated rings. The van der Waals surface area contributed by atoms with Gasteiger partial charge in [-0.1, -0.05) is 13.0 Å². The molecule has 0 aromatic carbocycles. The van der Waals surface area contributed by atoms with E-state index in [1.54, 1.807) is 6.08 Å². The van der Waals surface area contributed by atoms with Gasteiger partial charge in [0.05, 0.1) is 0 Å². The molecule has 0 aliphatic carbocycles. The monoisotopic (exact) mass is 111 g/mol. The lowest BCUT2D eigenvalue weighted by Gasteiger charge is -1.90. The fourth-order valence-electron chi connectivity index (χ4n) is 0.388. The molecule has 0 saturated heterocycles. The molecule has 1 nitrogen and oxygen atoms in total. The first-order chi connectivity index (χ1) is 3.72. The molecule has 0 saturated carbocycles. The van der Waals surface area contributed by atoms with E-state index >= 15 is 0 Å². The van der Waals surface area contributed by atoms with Crippen LogP contribution in [0.4, 0.5) is 0 Å². The van der Waals surface area contributed by atoms with E-state index in [9.17, 15) is 4.79 Å². The molecule has 1 radical (unpaired) electrons. The summed E-state index contributed by atoms with van der Waals surface area (Å²) >= 11 is 0. The third-order valence-electron chi connectivity index (χ3n) is 1.03. The van der Waals surface area contributed by atoms with Crippen LogP contribution in [0.5, 0.6) is 0 Å². The van der Waals surface area contributed by atoms with Gasteiger partial charge in [-0.25, -0.2) is 0 Å². The molecule has 0 aromatic rings. The summed E-state index contributed by atoms with van der Waals surface area (Å²) in [6, 6.07) is 0. The molecule has 8 heavy (non-hydrogen) atoms. The minimum Gasteiger partial charge on any atom is -0.295 e. The number of carbonyl (C=O) groups excluding carboxylic acids is 1. The van der Waals surface area contributed by atoms with E-state index in [2.05, 4.69) is 6.92 Å². The third kappa shape index (κ3) is 1.92. The van der Waals surface area contributed by atoms with Crippen LogP contribution in [0.2, 0.25) is 0 Å². The highest BCUT2D eigenvalue weighted by Crippen LogP contribution is 1.95. The van der Waals surface area contributed by atoms with Gasteiger partial charge in [-0.05, 0) is 19.4 Å². The van der Waals surface area contributed by atoms with E-state index in [1.165, 1.54) is 0 Å². The molecule has 0 aromatic heterocycles. The standard InChI is InChI=1S/C7H11O/c1-4-6(3)7(8)5-2/h4H,3,5H2,1-2H3. The molecule has 0 aliphatic rings. The Bertz CT molecular complexity index is 112. The summed E-state index contributed by atoms with van der Waals surface area (Å²) in [5.74, 6) is 0.132. The zero-order valence-electron chi connectivity index (χ0n) is 5.40. The number of hydrogen-bond acceptors (Lipinski definition) is 1. The Hall–Kier alpha value is -0.590. The van der Waals surface area contributed by atoms with Crippen LogP contribution in [0.25, 0.3) is 0 Å². The topological polar surface area (TPSA) is 17.1 Å². The minimum absolute atomic E-state index is 0.132. The normalized spacial score (nSPS) is 11.6. The van der Waals surface area contributed by atoms with Crippen LogP contribution in [-0.2, 0) is 4.79 Å². The average molecular weight is 111 g/mol. The van der Waals surface area contributed by atoms with Gasteiger partial charge in [0.25, 0.3) is 0 Å². The predicted octanol–water partition coefficient (Wildman–Crippen LogP) is 1.75. The first-order valence-electron chi connectivity index (χ1n) is 2.73. The maximum absolute atomic E-state index is 10.6. The van der Waals surface area contributed by atoms with Crippen molar-refractivity contribution in [1.29, 1.82) is 0 Å². The van der Waals surface area contributed by atoms with Crippen LogP contribution in [0.1, 0.15) is 20.3 Å². The Balaban J connectivity index is 3.83. The maximum Gasteiger partial charge on any atom is 0.158 e. The van der Waals surface area contributed by atoms with E-state index in [0.29, 0.717) is 12.0 Å². The SMILES string of the molecule is [CH2]C(=CC)C(=O)CC. The second-order valence-electron chi connectivity index (χ2n) is 1.59. The van der Waals surface area contributed by atoms with Crippen LogP contribution in [0.3, 0.4) is 0 Å². The van der Waals surface area contributed by atoms with Gasteiger partial charge in [0.1, 0.15) is 0 Å². The molecule has 0 heterocycles. The maximum atomic E-state index is 10.6. The first-order valence-corrected chi connectivity index (χ1v) is 2.73. The largest absolute Gasteiger partial charge is 0.295 e. The molecule has 0 spiro atoms. The van der Waals surface area contributed by atoms with Crippen molar-refractivity contribution in [1.82, 2.24) is 0 Å². The van der Waals surface area contributed by atoms with Crippen LogP contribution in [0.15, 0.2) is 11.6 Å². The van der Waals surface area contributed by atoms with Crippen molar-refractivity contribution in [2.45, 2.75) is 20.3 Å². The number of rotatable bonds is 2. The predicted molar refractivity (Wildman–Crippen MR) is 34.4 cm³/mol. The molecule has 0 N–H and O–H groups in total. The Morgan fingerprint density at radius 2 is 2.25 bits per heavy atom. The second kappa shape index (κ2) is 3.42. The number of allylic oxidation sites excluding steroid dienone is 2. The van der Waals surface area contributed by atoms with Crippen LogP contribution in [-0.4, -0.2) is 5.78 Å². The van der Waals surface area contributed by atoms with Gasteiger partial charge in [0, 0.05) is 6.42 Å². The smallest absolute Gasteiger partial charge is 0.158 e. The van der Waals surface area contributed by atoms with Crippen molar-refractivity contribution in [3.8, 4) is 0 Å². The number of Topliss-reactive ketones (excluding diaryl/α,β-unsaturated/α-hetero) is 1. The summed E-state index contributed by atoms with van der Waals surface area (Å²) in [4.78, 5) is 10.6. The van der Waals surface area contributed by atoms with E-state index in [1.807, 2.05) is 13.8 Å². The molecule has 1 heteroatoms. The summed E-state index contributed by atoms with van der Waals surface area (Å²) in [6.45, 7) is 7.18. The highest BCUT2D eigenvalue weighted by atomic mass is 16.1. The molecule has 0 amide bonds. The van der Waals surface area contributed by atoms with E-state index in [4.69, 9.17) is 0 Å². The fraction of sp³-hybridized carbons (Fsp3) is 0.429. The van der Waals surface area contributed by atoms with Gasteiger partial charge in [-0.3, -0.25) is 4.79 Å². The molecule has 0 atom stereocenters. The van der Waals surface area contributed by atoms with Crippen molar-refractivity contribution in [2.24, 2.45) is 0 Å². The van der Waals surface area contributed by atoms with Gasteiger partial charge in [-0.2, -0.15) is 0 Å². The fourth-order valence-corrected chi connectivity index (χ4v) is 0.388. The highest BCUT2D eigenvalue weighted by Gasteiger charge is 1.96. The van der Waals surface area contributed by atoms with E-state index in [-0.39, 0.29) is 5.78 Å². The minimum atomic E-state index is 0.132. The quantitative estimate of drug-likeness (QED) is 0.496. The molecule has 45 valence electrons. The summed E-state index contributed by atoms with van der Waals surface area (Å²) < 4.78 is 0. The van der Waals surface area contributed by atoms with Crippen molar-refractivity contribution < 1.29 is 4.79 Å². The van der Waals surface area contributed by atoms with E-state index < -0.39 is 0 Å². The Morgan fingerprint density at radius 1 is 1.75 bits per heavy atom. The molecule has 0 rings (SSSR count). The van der Waals surface area contributed by atoms with Crippen molar-refractivity contribution in [3.05, 3.63) is 18.6 Å². The summed E-state index contributed by atoms with van der Waals surface area (Å²) in [7, 11) is 0. The van der Waals surface area contributed by atoms with Crippen molar-refractivity contribution in [3.63, 3.8) is 0 Å². The molecule has 0 unspecified atom stereocenters. The van der Waals surface area contributed by atoms with Crippen LogP contribution >= 0.6 is 0 Å². The van der Waals surface area contributed by atoms with Gasteiger partial charge >= 0.3 is 0 Å². The number of carbonyl (C=O) groups is 1. The summed E-state index contributed by atoms with van der Waals surface area (Å²) in [5, 5.41) is 0. The van der Waals surface area contributed by atoms with Gasteiger partial charge in [0.2, 0.25) is 0 Å². The van der Waals surface area contributed by atoms with Gasteiger partial charge in [0.15, 0.2) is 5.78 Å². The zero-order valence-corrected chi connectivity index (χ0v) is 5.40. The summed E-state index contributed by atoms with van der Waals surface area (Å²) in [6.07, 6.45) is 2.29. The third-order valence-corrected chi connectivity index (χ3v) is 1.03. The summed E-state index contributed by atoms with van der Waals surface area (Å²) in [5.41, 5.74) is 0.618. The zero-order chi connectivity index (χ0) is 6.57. The molecule has 0 bridgehead atoms. The highest BCUT2D eigenvalue weighted by molar-refractivity contribution is 5.95. The lowest BCUT2D eigenvalue weighted by Crippen LogP contribution is -1.95. The van der Waals surface area contributed by atoms with Gasteiger partial charge in [-0.15, -0.1) is 0 Å². The Morgan fingerprint density at radius 3 is 2.38 bits per heavy atom. The molecular weight excluding hydrogens is 100 g/mol. The lowest BCUT2D eigenvalue weighted by molar-refractivity contribution is -0.115. The van der Waals surface area contributed by atoms with Crippen molar-refractivity contribution in [2.75, 3.05) is 0 Å². The lowest BCUT2D eigenvalue weighted by atomic mass is 10.1. The molecule has 0 aliphatic heterocycles. The first kappa shape index (κ1) is 7.41. The Labute approximate surface area is 50.4 Å². The second-order valence-corrected chi connectivity index (χ2v) is 1.59. The Kier molecular flexibility index (Phi) is 3.16. The molecular formula is C7H11O. The van der Waals surface area contributed by atoms with E-state index in [0.717, 1.165) is 0 Å². The number of ketones is 1. The van der Waals surface area contributed by atoms with Gasteiger partial charge < -0.3 is 0 Å². The van der Waals surface area contributed by atoms with Crippen LogP contribution < -0.4 is 0 Å². The average Bonchev–Trinajstić information content (AvgIpc) is 1.84. The van der Waals surface area contributed by atoms with Crippen molar-refractivity contribution >= 4 is 5.78 Å². The van der Waals surface area contributed by atoms with Crippen LogP contribution in [0, 0.1) is 6.92 Å².